The Morgan fingerprint density at radius 2 is 2.50 bits per heavy atom. The Hall–Kier alpha value is -1.32. The van der Waals surface area contributed by atoms with Gasteiger partial charge in [0.15, 0.2) is 0 Å². The van der Waals surface area contributed by atoms with Gasteiger partial charge in [-0.2, -0.15) is 0 Å². The molecular weight excluding hydrogens is 182 g/mol. The number of amides is 1. The minimum atomic E-state index is -0.852. The van der Waals surface area contributed by atoms with Gasteiger partial charge in [0.1, 0.15) is 5.54 Å². The smallest absolute Gasteiger partial charge is 0.332 e. The Bertz CT molecular complexity index is 262. The summed E-state index contributed by atoms with van der Waals surface area (Å²) in [4.78, 5) is 22.7. The van der Waals surface area contributed by atoms with Gasteiger partial charge in [-0.15, -0.1) is 6.58 Å². The van der Waals surface area contributed by atoms with Crippen LogP contribution in [0.2, 0.25) is 0 Å². The van der Waals surface area contributed by atoms with E-state index in [4.69, 9.17) is 4.74 Å². The fourth-order valence-corrected chi connectivity index (χ4v) is 1.62. The van der Waals surface area contributed by atoms with E-state index in [0.717, 1.165) is 0 Å². The van der Waals surface area contributed by atoms with Crippen molar-refractivity contribution in [3.63, 3.8) is 0 Å². The molecular formula is C10H15NO3. The summed E-state index contributed by atoms with van der Waals surface area (Å²) in [5.41, 5.74) is -0.852. The lowest BCUT2D eigenvalue weighted by Gasteiger charge is -2.24. The fraction of sp³-hybridized carbons (Fsp3) is 0.600. The normalized spacial score (nSPS) is 25.6. The number of carbonyl (C=O) groups is 2. The Labute approximate surface area is 83.3 Å². The number of hydrogen-bond acceptors (Lipinski definition) is 3. The predicted octanol–water partition coefficient (Wildman–Crippen LogP) is 0.774. The van der Waals surface area contributed by atoms with Gasteiger partial charge in [-0.25, -0.2) is 4.79 Å². The highest BCUT2D eigenvalue weighted by molar-refractivity contribution is 5.91. The van der Waals surface area contributed by atoms with Gasteiger partial charge in [-0.1, -0.05) is 6.08 Å². The van der Waals surface area contributed by atoms with E-state index in [2.05, 4.69) is 11.9 Å². The second-order valence-electron chi connectivity index (χ2n) is 3.34. The summed E-state index contributed by atoms with van der Waals surface area (Å²) in [7, 11) is 0. The van der Waals surface area contributed by atoms with Crippen molar-refractivity contribution in [2.24, 2.45) is 0 Å². The minimum absolute atomic E-state index is 0.0973. The second-order valence-corrected chi connectivity index (χ2v) is 3.34. The van der Waals surface area contributed by atoms with Crippen molar-refractivity contribution >= 4 is 11.9 Å². The summed E-state index contributed by atoms with van der Waals surface area (Å²) < 4.78 is 4.93. The molecule has 4 nitrogen and oxygen atoms in total. The number of nitrogens with one attached hydrogen (secondary N) is 1. The van der Waals surface area contributed by atoms with Crippen LogP contribution in [0.25, 0.3) is 0 Å². The molecule has 0 aliphatic carbocycles. The molecule has 1 atom stereocenters. The molecule has 0 aromatic carbocycles. The van der Waals surface area contributed by atoms with Crippen LogP contribution >= 0.6 is 0 Å². The van der Waals surface area contributed by atoms with Crippen LogP contribution in [0.4, 0.5) is 0 Å². The molecule has 0 saturated carbocycles. The van der Waals surface area contributed by atoms with Crippen LogP contribution in [-0.2, 0) is 14.3 Å². The molecule has 1 rings (SSSR count). The van der Waals surface area contributed by atoms with Gasteiger partial charge >= 0.3 is 5.97 Å². The van der Waals surface area contributed by atoms with E-state index in [-0.39, 0.29) is 11.9 Å². The van der Waals surface area contributed by atoms with E-state index in [1.165, 1.54) is 0 Å². The SMILES string of the molecule is C=CC[C@@]1(C(=O)OCC)CCC(=O)N1. The van der Waals surface area contributed by atoms with Gasteiger partial charge in [-0.3, -0.25) is 4.79 Å². The Kier molecular flexibility index (Phi) is 3.28. The van der Waals surface area contributed by atoms with Gasteiger partial charge in [0.25, 0.3) is 0 Å². The maximum atomic E-state index is 11.6. The molecule has 1 N–H and O–H groups in total. The number of esters is 1. The van der Waals surface area contributed by atoms with Crippen LogP contribution in [0.3, 0.4) is 0 Å². The van der Waals surface area contributed by atoms with Gasteiger partial charge in [0, 0.05) is 6.42 Å². The van der Waals surface area contributed by atoms with E-state index < -0.39 is 5.54 Å². The molecule has 1 saturated heterocycles. The number of hydrogen-bond donors (Lipinski definition) is 1. The Balaban J connectivity index is 2.76. The highest BCUT2D eigenvalue weighted by Crippen LogP contribution is 2.25. The molecule has 1 aliphatic rings. The van der Waals surface area contributed by atoms with E-state index in [1.807, 2.05) is 0 Å². The molecule has 4 heteroatoms. The molecule has 1 heterocycles. The van der Waals surface area contributed by atoms with Crippen molar-refractivity contribution in [3.05, 3.63) is 12.7 Å². The first kappa shape index (κ1) is 10.8. The highest BCUT2D eigenvalue weighted by Gasteiger charge is 2.44. The topological polar surface area (TPSA) is 55.4 Å². The summed E-state index contributed by atoms with van der Waals surface area (Å²) >= 11 is 0. The fourth-order valence-electron chi connectivity index (χ4n) is 1.62. The van der Waals surface area contributed by atoms with Gasteiger partial charge in [0.2, 0.25) is 5.91 Å². The monoisotopic (exact) mass is 197 g/mol. The van der Waals surface area contributed by atoms with Crippen molar-refractivity contribution in [2.75, 3.05) is 6.61 Å². The van der Waals surface area contributed by atoms with E-state index >= 15 is 0 Å². The molecule has 0 aromatic heterocycles. The molecule has 14 heavy (non-hydrogen) atoms. The van der Waals surface area contributed by atoms with Crippen molar-refractivity contribution in [3.8, 4) is 0 Å². The van der Waals surface area contributed by atoms with Gasteiger partial charge in [-0.05, 0) is 19.8 Å². The lowest BCUT2D eigenvalue weighted by Crippen LogP contribution is -2.49. The van der Waals surface area contributed by atoms with Crippen LogP contribution in [0.15, 0.2) is 12.7 Å². The number of ether oxygens (including phenoxy) is 1. The average Bonchev–Trinajstić information content (AvgIpc) is 2.50. The molecule has 1 aliphatic heterocycles. The first-order valence-electron chi connectivity index (χ1n) is 4.74. The highest BCUT2D eigenvalue weighted by atomic mass is 16.5. The maximum absolute atomic E-state index is 11.6. The average molecular weight is 197 g/mol. The molecule has 0 unspecified atom stereocenters. The summed E-state index contributed by atoms with van der Waals surface area (Å²) in [6.07, 6.45) is 2.93. The number of rotatable bonds is 4. The lowest BCUT2D eigenvalue weighted by atomic mass is 9.93. The van der Waals surface area contributed by atoms with Crippen LogP contribution < -0.4 is 5.32 Å². The summed E-state index contributed by atoms with van der Waals surface area (Å²) in [6, 6.07) is 0. The largest absolute Gasteiger partial charge is 0.464 e. The maximum Gasteiger partial charge on any atom is 0.332 e. The van der Waals surface area contributed by atoms with Crippen LogP contribution in [0.5, 0.6) is 0 Å². The zero-order valence-corrected chi connectivity index (χ0v) is 8.34. The Morgan fingerprint density at radius 3 is 2.93 bits per heavy atom. The van der Waals surface area contributed by atoms with Crippen molar-refractivity contribution < 1.29 is 14.3 Å². The standard InChI is InChI=1S/C10H15NO3/c1-3-6-10(9(13)14-4-2)7-5-8(12)11-10/h3H,1,4-7H2,2H3,(H,11,12)/t10-/m0/s1. The molecule has 0 spiro atoms. The van der Waals surface area contributed by atoms with Crippen LogP contribution in [-0.4, -0.2) is 24.0 Å². The molecule has 1 amide bonds. The second kappa shape index (κ2) is 4.26. The molecule has 78 valence electrons. The molecule has 0 aromatic rings. The molecule has 0 radical (unpaired) electrons. The van der Waals surface area contributed by atoms with E-state index in [9.17, 15) is 9.59 Å². The Morgan fingerprint density at radius 1 is 1.79 bits per heavy atom. The summed E-state index contributed by atoms with van der Waals surface area (Å²) in [6.45, 7) is 5.65. The third kappa shape index (κ3) is 1.95. The third-order valence-electron chi connectivity index (χ3n) is 2.32. The lowest BCUT2D eigenvalue weighted by molar-refractivity contribution is -0.151. The third-order valence-corrected chi connectivity index (χ3v) is 2.32. The van der Waals surface area contributed by atoms with Crippen molar-refractivity contribution in [1.82, 2.24) is 5.32 Å². The number of carbonyl (C=O) groups excluding carboxylic acids is 2. The van der Waals surface area contributed by atoms with Crippen molar-refractivity contribution in [2.45, 2.75) is 31.7 Å². The first-order valence-corrected chi connectivity index (χ1v) is 4.74. The van der Waals surface area contributed by atoms with E-state index in [1.54, 1.807) is 13.0 Å². The first-order chi connectivity index (χ1) is 6.64. The predicted molar refractivity (Wildman–Crippen MR) is 51.6 cm³/mol. The van der Waals surface area contributed by atoms with Crippen molar-refractivity contribution in [1.29, 1.82) is 0 Å². The molecule has 0 bridgehead atoms. The zero-order chi connectivity index (χ0) is 10.6. The van der Waals surface area contributed by atoms with Gasteiger partial charge < -0.3 is 10.1 Å². The molecule has 1 fully saturated rings. The summed E-state index contributed by atoms with van der Waals surface area (Å²) in [5.74, 6) is -0.453. The van der Waals surface area contributed by atoms with E-state index in [0.29, 0.717) is 25.9 Å². The quantitative estimate of drug-likeness (QED) is 0.535. The summed E-state index contributed by atoms with van der Waals surface area (Å²) in [5, 5.41) is 2.67. The minimum Gasteiger partial charge on any atom is -0.464 e. The van der Waals surface area contributed by atoms with Crippen LogP contribution in [0.1, 0.15) is 26.2 Å². The van der Waals surface area contributed by atoms with Crippen LogP contribution in [0, 0.1) is 0 Å². The van der Waals surface area contributed by atoms with Gasteiger partial charge in [0.05, 0.1) is 6.61 Å². The zero-order valence-electron chi connectivity index (χ0n) is 8.34.